The number of hydrogen-bond donors (Lipinski definition) is 2. The van der Waals surface area contributed by atoms with Crippen LogP contribution in [0.4, 0.5) is 5.82 Å². The molecule has 3 heterocycles. The molecule has 1 saturated heterocycles. The monoisotopic (exact) mass is 351 g/mol. The Balaban J connectivity index is 1.89. The van der Waals surface area contributed by atoms with Crippen LogP contribution in [-0.4, -0.2) is 61.8 Å². The fourth-order valence-corrected chi connectivity index (χ4v) is 2.91. The molecule has 4 atom stereocenters. The van der Waals surface area contributed by atoms with Crippen molar-refractivity contribution in [3.8, 4) is 0 Å². The molecule has 0 aliphatic carbocycles. The summed E-state index contributed by atoms with van der Waals surface area (Å²) in [7, 11) is 0. The van der Waals surface area contributed by atoms with Crippen LogP contribution in [-0.2, 0) is 14.2 Å². The molecule has 3 rings (SSSR count). The molecule has 0 spiro atoms. The van der Waals surface area contributed by atoms with E-state index >= 15 is 0 Å². The van der Waals surface area contributed by atoms with E-state index in [9.17, 15) is 5.11 Å². The van der Waals surface area contributed by atoms with Gasteiger partial charge in [-0.2, -0.15) is 0 Å². The van der Waals surface area contributed by atoms with Crippen LogP contribution in [0.25, 0.3) is 11.2 Å². The van der Waals surface area contributed by atoms with Crippen LogP contribution in [0.2, 0.25) is 0 Å². The summed E-state index contributed by atoms with van der Waals surface area (Å²) in [6, 6.07) is 0. The number of hydrogen-bond acceptors (Lipinski definition) is 8. The van der Waals surface area contributed by atoms with Gasteiger partial charge in [-0.1, -0.05) is 0 Å². The van der Waals surface area contributed by atoms with Crippen molar-refractivity contribution < 1.29 is 19.3 Å². The molecular formula is C16H25N5O4. The van der Waals surface area contributed by atoms with E-state index in [1.807, 2.05) is 27.7 Å². The van der Waals surface area contributed by atoms with Crippen LogP contribution >= 0.6 is 0 Å². The highest BCUT2D eigenvalue weighted by Gasteiger charge is 2.46. The minimum Gasteiger partial charge on any atom is -0.386 e. The third-order valence-corrected chi connectivity index (χ3v) is 3.99. The van der Waals surface area contributed by atoms with Gasteiger partial charge in [0.2, 0.25) is 0 Å². The molecule has 0 amide bonds. The lowest BCUT2D eigenvalue weighted by atomic mass is 10.1. The van der Waals surface area contributed by atoms with Gasteiger partial charge in [0.1, 0.15) is 30.2 Å². The summed E-state index contributed by atoms with van der Waals surface area (Å²) < 4.78 is 19.3. The van der Waals surface area contributed by atoms with Gasteiger partial charge in [-0.15, -0.1) is 0 Å². The van der Waals surface area contributed by atoms with Gasteiger partial charge in [0.05, 0.1) is 25.1 Å². The fourth-order valence-electron chi connectivity index (χ4n) is 2.91. The molecule has 2 aromatic rings. The zero-order chi connectivity index (χ0) is 18.1. The minimum atomic E-state index is -0.892. The number of nitrogens with two attached hydrogens (primary N) is 1. The normalized spacial score (nSPS) is 27.0. The number of aromatic nitrogens is 4. The van der Waals surface area contributed by atoms with Gasteiger partial charge in [-0.3, -0.25) is 4.57 Å². The predicted molar refractivity (Wildman–Crippen MR) is 90.7 cm³/mol. The average Bonchev–Trinajstić information content (AvgIpc) is 3.09. The number of fused-ring (bicyclic) bond motifs is 1. The van der Waals surface area contributed by atoms with Gasteiger partial charge in [-0.05, 0) is 27.7 Å². The molecule has 0 saturated carbocycles. The second kappa shape index (κ2) is 7.20. The highest BCUT2D eigenvalue weighted by molar-refractivity contribution is 5.81. The van der Waals surface area contributed by atoms with Crippen LogP contribution < -0.4 is 5.73 Å². The van der Waals surface area contributed by atoms with Crippen LogP contribution in [0.3, 0.4) is 0 Å². The zero-order valence-corrected chi connectivity index (χ0v) is 14.9. The maximum Gasteiger partial charge on any atom is 0.167 e. The first-order chi connectivity index (χ1) is 11.9. The fraction of sp³-hybridized carbons (Fsp3) is 0.688. The van der Waals surface area contributed by atoms with Crippen molar-refractivity contribution in [2.45, 2.75) is 64.4 Å². The van der Waals surface area contributed by atoms with Gasteiger partial charge in [0.25, 0.3) is 0 Å². The molecule has 3 N–H and O–H groups in total. The van der Waals surface area contributed by atoms with Crippen molar-refractivity contribution in [2.75, 3.05) is 12.3 Å². The molecule has 1 fully saturated rings. The van der Waals surface area contributed by atoms with Gasteiger partial charge in [0, 0.05) is 0 Å². The van der Waals surface area contributed by atoms with E-state index in [4.69, 9.17) is 19.9 Å². The van der Waals surface area contributed by atoms with Gasteiger partial charge in [-0.25, -0.2) is 15.0 Å². The smallest absolute Gasteiger partial charge is 0.167 e. The number of anilines is 1. The van der Waals surface area contributed by atoms with Crippen LogP contribution in [0.15, 0.2) is 12.7 Å². The number of aliphatic hydroxyl groups excluding tert-OH is 1. The molecule has 25 heavy (non-hydrogen) atoms. The molecular weight excluding hydrogens is 326 g/mol. The second-order valence-electron chi connectivity index (χ2n) is 6.67. The Labute approximate surface area is 146 Å². The quantitative estimate of drug-likeness (QED) is 0.788. The highest BCUT2D eigenvalue weighted by atomic mass is 16.6. The SMILES string of the molecule is CC(C)OC[C@H]1O[C@@H](n2cnc3c(N)ncnc32)C(O)[C@H]1OC(C)C. The highest BCUT2D eigenvalue weighted by Crippen LogP contribution is 2.34. The Morgan fingerprint density at radius 1 is 1.24 bits per heavy atom. The van der Waals surface area contributed by atoms with Gasteiger partial charge in [0.15, 0.2) is 17.7 Å². The average molecular weight is 351 g/mol. The zero-order valence-electron chi connectivity index (χ0n) is 14.9. The summed E-state index contributed by atoms with van der Waals surface area (Å²) in [5.74, 6) is 0.283. The third-order valence-electron chi connectivity index (χ3n) is 3.99. The Hall–Kier alpha value is -1.81. The molecule has 1 unspecified atom stereocenters. The number of aliphatic hydroxyl groups is 1. The van der Waals surface area contributed by atoms with Crippen LogP contribution in [0, 0.1) is 0 Å². The van der Waals surface area contributed by atoms with E-state index in [-0.39, 0.29) is 18.0 Å². The van der Waals surface area contributed by atoms with E-state index in [0.29, 0.717) is 17.8 Å². The number of nitrogens with zero attached hydrogens (tertiary/aromatic N) is 4. The second-order valence-corrected chi connectivity index (χ2v) is 6.67. The summed E-state index contributed by atoms with van der Waals surface area (Å²) >= 11 is 0. The van der Waals surface area contributed by atoms with Crippen molar-refractivity contribution in [1.82, 2.24) is 19.5 Å². The predicted octanol–water partition coefficient (Wildman–Crippen LogP) is 0.885. The van der Waals surface area contributed by atoms with Crippen molar-refractivity contribution in [1.29, 1.82) is 0 Å². The lowest BCUT2D eigenvalue weighted by Crippen LogP contribution is -2.38. The summed E-state index contributed by atoms with van der Waals surface area (Å²) in [5.41, 5.74) is 6.81. The summed E-state index contributed by atoms with van der Waals surface area (Å²) in [6.07, 6.45) is 0.407. The third kappa shape index (κ3) is 3.59. The Kier molecular flexibility index (Phi) is 5.19. The molecule has 0 bridgehead atoms. The first-order valence-corrected chi connectivity index (χ1v) is 8.42. The molecule has 138 valence electrons. The summed E-state index contributed by atoms with van der Waals surface area (Å²) in [6.45, 7) is 8.06. The minimum absolute atomic E-state index is 0.0546. The molecule has 1 aliphatic heterocycles. The van der Waals surface area contributed by atoms with Crippen molar-refractivity contribution in [3.05, 3.63) is 12.7 Å². The first-order valence-electron chi connectivity index (χ1n) is 8.42. The van der Waals surface area contributed by atoms with E-state index in [1.165, 1.54) is 6.33 Å². The van der Waals surface area contributed by atoms with E-state index in [1.54, 1.807) is 10.9 Å². The number of ether oxygens (including phenoxy) is 3. The first kappa shape index (κ1) is 18.0. The van der Waals surface area contributed by atoms with E-state index in [0.717, 1.165) is 0 Å². The molecule has 0 aromatic carbocycles. The maximum atomic E-state index is 10.8. The Morgan fingerprint density at radius 2 is 2.00 bits per heavy atom. The van der Waals surface area contributed by atoms with Gasteiger partial charge >= 0.3 is 0 Å². The number of imidazole rings is 1. The summed E-state index contributed by atoms with van der Waals surface area (Å²) in [5, 5.41) is 10.8. The van der Waals surface area contributed by atoms with Crippen LogP contribution in [0.5, 0.6) is 0 Å². The van der Waals surface area contributed by atoms with E-state index in [2.05, 4.69) is 15.0 Å². The lowest BCUT2D eigenvalue weighted by molar-refractivity contribution is -0.0973. The molecule has 9 nitrogen and oxygen atoms in total. The molecule has 1 aliphatic rings. The van der Waals surface area contributed by atoms with Gasteiger partial charge < -0.3 is 25.1 Å². The van der Waals surface area contributed by atoms with Crippen molar-refractivity contribution in [2.24, 2.45) is 0 Å². The Morgan fingerprint density at radius 3 is 2.68 bits per heavy atom. The molecule has 0 radical (unpaired) electrons. The topological polar surface area (TPSA) is 118 Å². The van der Waals surface area contributed by atoms with E-state index < -0.39 is 24.5 Å². The molecule has 2 aromatic heterocycles. The molecule has 9 heteroatoms. The summed E-state index contributed by atoms with van der Waals surface area (Å²) in [4.78, 5) is 12.4. The Bertz CT molecular complexity index is 720. The maximum absolute atomic E-state index is 10.8. The standard InChI is InChI=1S/C16H25N5O4/c1-8(2)23-5-10-13(24-9(3)4)12(22)16(25-10)21-7-20-11-14(17)18-6-19-15(11)21/h6-10,12-13,16,22H,5H2,1-4H3,(H2,17,18,19)/t10-,12?,13+,16-/m1/s1. The number of nitrogen functional groups attached to an aromatic ring is 1. The van der Waals surface area contributed by atoms with Crippen LogP contribution in [0.1, 0.15) is 33.9 Å². The van der Waals surface area contributed by atoms with Crippen molar-refractivity contribution >= 4 is 17.0 Å². The van der Waals surface area contributed by atoms with Crippen molar-refractivity contribution in [3.63, 3.8) is 0 Å². The number of rotatable bonds is 6. The lowest BCUT2D eigenvalue weighted by Gasteiger charge is -2.23. The largest absolute Gasteiger partial charge is 0.386 e.